The minimum absolute atomic E-state index is 0.174. The average Bonchev–Trinajstić information content (AvgIpc) is 2.40. The lowest BCUT2D eigenvalue weighted by Crippen LogP contribution is -2.67. The van der Waals surface area contributed by atoms with E-state index in [2.05, 4.69) is 27.7 Å². The monoisotopic (exact) mass is 424 g/mol. The van der Waals surface area contributed by atoms with Crippen molar-refractivity contribution in [2.45, 2.75) is 112 Å². The molecule has 0 radical (unpaired) electrons. The Bertz CT molecular complexity index is 763. The van der Waals surface area contributed by atoms with Gasteiger partial charge in [0.25, 0.3) is 0 Å². The Kier molecular flexibility index (Phi) is 7.79. The number of hydrogen-bond acceptors (Lipinski definition) is 4. The van der Waals surface area contributed by atoms with Crippen LogP contribution in [-0.2, 0) is 16.7 Å². The van der Waals surface area contributed by atoms with E-state index in [1.165, 1.54) is 9.13 Å². The fourth-order valence-corrected chi connectivity index (χ4v) is 5.12. The second kappa shape index (κ2) is 8.85. The van der Waals surface area contributed by atoms with Gasteiger partial charge in [-0.3, -0.25) is 0 Å². The molecule has 0 amide bonds. The smallest absolute Gasteiger partial charge is 0.308 e. The van der Waals surface area contributed by atoms with E-state index >= 15 is 0 Å². The van der Waals surface area contributed by atoms with Crippen molar-refractivity contribution in [3.63, 3.8) is 0 Å². The van der Waals surface area contributed by atoms with Crippen LogP contribution in [0, 0.1) is 17.8 Å². The molecular weight excluding hydrogens is 380 g/mol. The lowest BCUT2D eigenvalue weighted by atomic mass is 9.91. The topological polar surface area (TPSA) is 92.0 Å². The third-order valence-electron chi connectivity index (χ3n) is 5.51. The summed E-state index contributed by atoms with van der Waals surface area (Å²) in [5.41, 5.74) is 2.01. The Labute approximate surface area is 181 Å². The molecule has 1 aromatic rings. The lowest BCUT2D eigenvalue weighted by molar-refractivity contribution is 0.168. The molecule has 0 saturated carbocycles. The Balaban J connectivity index is 4.14. The summed E-state index contributed by atoms with van der Waals surface area (Å²) >= 11 is 0. The minimum atomic E-state index is -1.21. The van der Waals surface area contributed by atoms with E-state index < -0.39 is 33.8 Å². The number of rotatable bonds is 9. The molecule has 0 saturated heterocycles. The van der Waals surface area contributed by atoms with Crippen molar-refractivity contribution in [2.75, 3.05) is 0 Å². The van der Waals surface area contributed by atoms with E-state index in [1.54, 1.807) is 6.92 Å². The van der Waals surface area contributed by atoms with Crippen LogP contribution in [0.25, 0.3) is 0 Å². The molecule has 0 aromatic carbocycles. The van der Waals surface area contributed by atoms with Crippen LogP contribution < -0.4 is 22.8 Å². The van der Waals surface area contributed by atoms with Gasteiger partial charge in [0.05, 0.1) is 5.66 Å². The van der Waals surface area contributed by atoms with Crippen LogP contribution in [0.3, 0.4) is 0 Å². The molecule has 174 valence electrons. The fourth-order valence-electron chi connectivity index (χ4n) is 5.12. The quantitative estimate of drug-likeness (QED) is 0.657. The van der Waals surface area contributed by atoms with Crippen molar-refractivity contribution in [1.82, 2.24) is 13.7 Å². The van der Waals surface area contributed by atoms with E-state index in [0.717, 1.165) is 4.57 Å². The lowest BCUT2D eigenvalue weighted by Gasteiger charge is -2.36. The summed E-state index contributed by atoms with van der Waals surface area (Å²) in [6.07, 6.45) is 1.68. The number of aromatic nitrogens is 3. The standard InChI is InChI=1S/C23H44N4O3/c1-15(2)12-21(7,8)25-18(28)26(22(9,10)13-16(3)4)20(30)27(19(25)29)23(11,24)14-17(5)6/h15-17H,12-14,24H2,1-11H3. The third-order valence-corrected chi connectivity index (χ3v) is 5.51. The van der Waals surface area contributed by atoms with Gasteiger partial charge in [-0.05, 0) is 71.6 Å². The van der Waals surface area contributed by atoms with E-state index in [9.17, 15) is 14.4 Å². The first kappa shape index (κ1) is 26.4. The zero-order chi connectivity index (χ0) is 23.8. The third kappa shape index (κ3) is 5.54. The summed E-state index contributed by atoms with van der Waals surface area (Å²) in [4.78, 5) is 40.8. The van der Waals surface area contributed by atoms with Gasteiger partial charge in [-0.25, -0.2) is 28.1 Å². The number of hydrogen-bond donors (Lipinski definition) is 1. The normalized spacial score (nSPS) is 15.3. The molecule has 0 bridgehead atoms. The molecule has 1 atom stereocenters. The summed E-state index contributed by atoms with van der Waals surface area (Å²) in [5.74, 6) is 0.708. The molecule has 2 N–H and O–H groups in total. The van der Waals surface area contributed by atoms with Gasteiger partial charge >= 0.3 is 17.1 Å². The predicted molar refractivity (Wildman–Crippen MR) is 124 cm³/mol. The van der Waals surface area contributed by atoms with Crippen molar-refractivity contribution in [3.8, 4) is 0 Å². The highest BCUT2D eigenvalue weighted by Gasteiger charge is 2.37. The SMILES string of the molecule is CC(C)CC(C)(C)n1c(=O)n(C(C)(C)CC(C)C)c(=O)n(C(C)(N)CC(C)C)c1=O. The van der Waals surface area contributed by atoms with E-state index in [4.69, 9.17) is 5.73 Å². The molecule has 30 heavy (non-hydrogen) atoms. The van der Waals surface area contributed by atoms with Crippen LogP contribution in [0.1, 0.15) is 95.4 Å². The van der Waals surface area contributed by atoms with E-state index in [1.807, 2.05) is 41.5 Å². The first-order chi connectivity index (χ1) is 13.3. The van der Waals surface area contributed by atoms with Crippen molar-refractivity contribution >= 4 is 0 Å². The molecular formula is C23H44N4O3. The zero-order valence-electron chi connectivity index (χ0n) is 21.0. The molecule has 7 heteroatoms. The second-order valence-corrected chi connectivity index (χ2v) is 11.6. The summed E-state index contributed by atoms with van der Waals surface area (Å²) in [6.45, 7) is 21.4. The maximum atomic E-state index is 13.6. The molecule has 0 aliphatic carbocycles. The molecule has 1 rings (SSSR count). The molecule has 0 aliphatic heterocycles. The van der Waals surface area contributed by atoms with Gasteiger partial charge in [0.15, 0.2) is 0 Å². The average molecular weight is 425 g/mol. The largest absolute Gasteiger partial charge is 0.338 e. The van der Waals surface area contributed by atoms with Gasteiger partial charge in [0.2, 0.25) is 0 Å². The fraction of sp³-hybridized carbons (Fsp3) is 0.870. The van der Waals surface area contributed by atoms with Crippen LogP contribution in [0.15, 0.2) is 14.4 Å². The molecule has 1 unspecified atom stereocenters. The highest BCUT2D eigenvalue weighted by molar-refractivity contribution is 4.96. The predicted octanol–water partition coefficient (Wildman–Crippen LogP) is 3.41. The Morgan fingerprint density at radius 2 is 0.867 bits per heavy atom. The minimum Gasteiger partial charge on any atom is -0.308 e. The summed E-state index contributed by atoms with van der Waals surface area (Å²) in [7, 11) is 0. The summed E-state index contributed by atoms with van der Waals surface area (Å²) < 4.78 is 3.61. The highest BCUT2D eigenvalue weighted by atomic mass is 16.2. The van der Waals surface area contributed by atoms with Crippen LogP contribution in [0.4, 0.5) is 0 Å². The van der Waals surface area contributed by atoms with E-state index in [0.29, 0.717) is 19.3 Å². The molecule has 0 fully saturated rings. The molecule has 1 aromatic heterocycles. The van der Waals surface area contributed by atoms with E-state index in [-0.39, 0.29) is 17.8 Å². The second-order valence-electron chi connectivity index (χ2n) is 11.6. The Morgan fingerprint density at radius 1 is 0.600 bits per heavy atom. The first-order valence-electron chi connectivity index (χ1n) is 11.2. The van der Waals surface area contributed by atoms with Crippen molar-refractivity contribution in [2.24, 2.45) is 23.5 Å². The molecule has 0 spiro atoms. The summed E-state index contributed by atoms with van der Waals surface area (Å²) in [6, 6.07) is 0. The van der Waals surface area contributed by atoms with Gasteiger partial charge in [-0.2, -0.15) is 0 Å². The molecule has 7 nitrogen and oxygen atoms in total. The molecule has 1 heterocycles. The molecule has 0 aliphatic rings. The van der Waals surface area contributed by atoms with Gasteiger partial charge in [0.1, 0.15) is 0 Å². The van der Waals surface area contributed by atoms with Crippen LogP contribution in [-0.4, -0.2) is 13.7 Å². The first-order valence-corrected chi connectivity index (χ1v) is 11.2. The van der Waals surface area contributed by atoms with Gasteiger partial charge in [0, 0.05) is 11.1 Å². The summed E-state index contributed by atoms with van der Waals surface area (Å²) in [5, 5.41) is 0. The maximum absolute atomic E-state index is 13.6. The maximum Gasteiger partial charge on any atom is 0.338 e. The zero-order valence-corrected chi connectivity index (χ0v) is 21.0. The van der Waals surface area contributed by atoms with Gasteiger partial charge in [-0.15, -0.1) is 0 Å². The van der Waals surface area contributed by atoms with Crippen LogP contribution in [0.2, 0.25) is 0 Å². The Hall–Kier alpha value is -1.63. The van der Waals surface area contributed by atoms with Gasteiger partial charge < -0.3 is 5.73 Å². The van der Waals surface area contributed by atoms with Gasteiger partial charge in [-0.1, -0.05) is 41.5 Å². The van der Waals surface area contributed by atoms with Crippen molar-refractivity contribution in [1.29, 1.82) is 0 Å². The van der Waals surface area contributed by atoms with Crippen LogP contribution >= 0.6 is 0 Å². The number of nitrogens with zero attached hydrogens (tertiary/aromatic N) is 3. The van der Waals surface area contributed by atoms with Crippen LogP contribution in [0.5, 0.6) is 0 Å². The highest BCUT2D eigenvalue weighted by Crippen LogP contribution is 2.25. The van der Waals surface area contributed by atoms with Crippen molar-refractivity contribution < 1.29 is 0 Å². The van der Waals surface area contributed by atoms with Crippen molar-refractivity contribution in [3.05, 3.63) is 31.5 Å². The number of nitrogens with two attached hydrogens (primary N) is 1. The Morgan fingerprint density at radius 3 is 1.13 bits per heavy atom.